The third-order valence-corrected chi connectivity index (χ3v) is 4.79. The van der Waals surface area contributed by atoms with Crippen LogP contribution in [0.5, 0.6) is 5.75 Å². The van der Waals surface area contributed by atoms with Crippen LogP contribution in [0.25, 0.3) is 0 Å². The molecule has 0 aliphatic carbocycles. The van der Waals surface area contributed by atoms with Crippen LogP contribution in [0.4, 0.5) is 5.69 Å². The van der Waals surface area contributed by atoms with E-state index < -0.39 is 0 Å². The molecule has 3 nitrogen and oxygen atoms in total. The van der Waals surface area contributed by atoms with E-state index in [-0.39, 0.29) is 17.9 Å². The maximum absolute atomic E-state index is 12.7. The van der Waals surface area contributed by atoms with Gasteiger partial charge in [-0.2, -0.15) is 0 Å². The van der Waals surface area contributed by atoms with Gasteiger partial charge in [-0.05, 0) is 43.5 Å². The van der Waals surface area contributed by atoms with E-state index in [1.54, 1.807) is 0 Å². The summed E-state index contributed by atoms with van der Waals surface area (Å²) in [7, 11) is 0. The lowest BCUT2D eigenvalue weighted by molar-refractivity contribution is -0.121. The van der Waals surface area contributed by atoms with Crippen molar-refractivity contribution in [3.63, 3.8) is 0 Å². The van der Waals surface area contributed by atoms with Gasteiger partial charge >= 0.3 is 0 Å². The normalized spacial score (nSPS) is 20.4. The van der Waals surface area contributed by atoms with Crippen LogP contribution in [0.15, 0.2) is 18.2 Å². The van der Waals surface area contributed by atoms with E-state index in [2.05, 4.69) is 35.0 Å². The maximum Gasteiger partial charge on any atom is 0.229 e. The lowest BCUT2D eigenvalue weighted by atomic mass is 9.91. The van der Waals surface area contributed by atoms with E-state index in [1.807, 2.05) is 31.7 Å². The Hall–Kier alpha value is -1.03. The summed E-state index contributed by atoms with van der Waals surface area (Å²) in [4.78, 5) is 14.8. The number of carbonyl (C=O) groups excluding carboxylic acids is 1. The number of amides is 1. The fraction of sp³-hybridized carbons (Fsp3) is 0.611. The van der Waals surface area contributed by atoms with Crippen molar-refractivity contribution < 1.29 is 9.53 Å². The van der Waals surface area contributed by atoms with Crippen LogP contribution in [-0.2, 0) is 4.79 Å². The topological polar surface area (TPSA) is 29.5 Å². The number of nitrogens with zero attached hydrogens (tertiary/aromatic N) is 1. The van der Waals surface area contributed by atoms with Crippen LogP contribution in [0, 0.1) is 5.92 Å². The van der Waals surface area contributed by atoms with Crippen LogP contribution in [-0.4, -0.2) is 23.9 Å². The van der Waals surface area contributed by atoms with E-state index in [0.29, 0.717) is 12.5 Å². The van der Waals surface area contributed by atoms with Crippen LogP contribution >= 0.6 is 15.9 Å². The quantitative estimate of drug-likeness (QED) is 0.679. The Morgan fingerprint density at radius 3 is 2.64 bits per heavy atom. The van der Waals surface area contributed by atoms with Crippen molar-refractivity contribution in [3.8, 4) is 5.75 Å². The second-order valence-corrected chi connectivity index (χ2v) is 6.87. The Morgan fingerprint density at radius 1 is 1.36 bits per heavy atom. The van der Waals surface area contributed by atoms with Crippen LogP contribution in [0.3, 0.4) is 0 Å². The molecular formula is C18H26BrNO2. The number of fused-ring (bicyclic) bond motifs is 1. The molecule has 1 aromatic carbocycles. The summed E-state index contributed by atoms with van der Waals surface area (Å²) in [6.45, 7) is 8.77. The number of hydrogen-bond acceptors (Lipinski definition) is 2. The molecule has 0 saturated heterocycles. The molecule has 4 heteroatoms. The highest BCUT2D eigenvalue weighted by molar-refractivity contribution is 9.09. The van der Waals surface area contributed by atoms with E-state index in [4.69, 9.17) is 4.74 Å². The molecule has 22 heavy (non-hydrogen) atoms. The third kappa shape index (κ3) is 3.17. The molecule has 2 rings (SSSR count). The molecule has 0 fully saturated rings. The average molecular weight is 368 g/mol. The van der Waals surface area contributed by atoms with Gasteiger partial charge < -0.3 is 9.64 Å². The van der Waals surface area contributed by atoms with Gasteiger partial charge in [0.05, 0.1) is 6.61 Å². The number of hydrogen-bond donors (Lipinski definition) is 0. The minimum atomic E-state index is 0.0104. The second-order valence-electron chi connectivity index (χ2n) is 6.08. The fourth-order valence-corrected chi connectivity index (χ4v) is 3.86. The predicted molar refractivity (Wildman–Crippen MR) is 95.2 cm³/mol. The molecule has 2 unspecified atom stereocenters. The molecule has 0 saturated carbocycles. The van der Waals surface area contributed by atoms with Crippen molar-refractivity contribution in [3.05, 3.63) is 23.8 Å². The average Bonchev–Trinajstić information content (AvgIpc) is 2.80. The first-order chi connectivity index (χ1) is 10.5. The molecule has 1 aliphatic heterocycles. The Morgan fingerprint density at radius 2 is 2.09 bits per heavy atom. The van der Waals surface area contributed by atoms with E-state index >= 15 is 0 Å². The molecule has 2 atom stereocenters. The number of rotatable bonds is 6. The molecule has 1 aromatic rings. The van der Waals surface area contributed by atoms with Gasteiger partial charge in [0.1, 0.15) is 5.75 Å². The molecule has 0 N–H and O–H groups in total. The minimum Gasteiger partial charge on any atom is -0.494 e. The number of benzene rings is 1. The van der Waals surface area contributed by atoms with Gasteiger partial charge in [0.15, 0.2) is 0 Å². The number of carbonyl (C=O) groups is 1. The molecule has 0 spiro atoms. The highest BCUT2D eigenvalue weighted by atomic mass is 79.9. The lowest BCUT2D eigenvalue weighted by Crippen LogP contribution is -2.41. The summed E-state index contributed by atoms with van der Waals surface area (Å²) < 4.78 is 5.65. The van der Waals surface area contributed by atoms with Crippen LogP contribution in [0.2, 0.25) is 0 Å². The number of halogens is 1. The smallest absolute Gasteiger partial charge is 0.229 e. The molecule has 122 valence electrons. The van der Waals surface area contributed by atoms with Gasteiger partial charge in [0.25, 0.3) is 0 Å². The summed E-state index contributed by atoms with van der Waals surface area (Å²) in [5, 5.41) is 0.941. The molecule has 1 heterocycles. The van der Waals surface area contributed by atoms with Gasteiger partial charge in [0.2, 0.25) is 5.91 Å². The lowest BCUT2D eigenvalue weighted by Gasteiger charge is -2.29. The summed E-state index contributed by atoms with van der Waals surface area (Å²) in [6, 6.07) is 6.41. The van der Waals surface area contributed by atoms with Crippen molar-refractivity contribution in [2.75, 3.05) is 16.8 Å². The van der Waals surface area contributed by atoms with E-state index in [9.17, 15) is 4.79 Å². The highest BCUT2D eigenvalue weighted by Gasteiger charge is 2.40. The Bertz CT molecular complexity index is 530. The zero-order valence-corrected chi connectivity index (χ0v) is 15.5. The van der Waals surface area contributed by atoms with E-state index in [0.717, 1.165) is 29.6 Å². The second kappa shape index (κ2) is 7.49. The summed E-state index contributed by atoms with van der Waals surface area (Å²) in [5.74, 6) is 1.50. The van der Waals surface area contributed by atoms with Gasteiger partial charge in [-0.3, -0.25) is 4.79 Å². The zero-order valence-electron chi connectivity index (χ0n) is 13.9. The number of alkyl halides is 1. The summed E-state index contributed by atoms with van der Waals surface area (Å²) >= 11 is 3.57. The first kappa shape index (κ1) is 17.3. The first-order valence-electron chi connectivity index (χ1n) is 8.20. The summed E-state index contributed by atoms with van der Waals surface area (Å²) in [6.07, 6.45) is 2.00. The fourth-order valence-electron chi connectivity index (χ4n) is 3.36. The monoisotopic (exact) mass is 367 g/mol. The van der Waals surface area contributed by atoms with Crippen molar-refractivity contribution in [2.24, 2.45) is 5.92 Å². The molecular weight excluding hydrogens is 342 g/mol. The largest absolute Gasteiger partial charge is 0.494 e. The van der Waals surface area contributed by atoms with Gasteiger partial charge in [-0.25, -0.2) is 0 Å². The third-order valence-electron chi connectivity index (χ3n) is 4.33. The highest BCUT2D eigenvalue weighted by Crippen LogP contribution is 2.46. The molecule has 0 radical (unpaired) electrons. The van der Waals surface area contributed by atoms with Crippen LogP contribution < -0.4 is 9.64 Å². The predicted octanol–water partition coefficient (Wildman–Crippen LogP) is 4.74. The van der Waals surface area contributed by atoms with Gasteiger partial charge in [-0.15, -0.1) is 0 Å². The Kier molecular flexibility index (Phi) is 5.90. The Labute approximate surface area is 142 Å². The summed E-state index contributed by atoms with van der Waals surface area (Å²) in [5.41, 5.74) is 2.33. The molecule has 0 bridgehead atoms. The maximum atomic E-state index is 12.7. The van der Waals surface area contributed by atoms with Gasteiger partial charge in [-0.1, -0.05) is 36.7 Å². The molecule has 0 aromatic heterocycles. The Balaban J connectivity index is 2.48. The molecule has 1 amide bonds. The van der Waals surface area contributed by atoms with Crippen molar-refractivity contribution in [1.29, 1.82) is 0 Å². The number of ether oxygens (including phenoxy) is 1. The van der Waals surface area contributed by atoms with Gasteiger partial charge in [0, 0.05) is 28.9 Å². The van der Waals surface area contributed by atoms with E-state index in [1.165, 1.54) is 5.56 Å². The zero-order chi connectivity index (χ0) is 16.3. The first-order valence-corrected chi connectivity index (χ1v) is 9.33. The number of anilines is 1. The van der Waals surface area contributed by atoms with Crippen molar-refractivity contribution >= 4 is 27.5 Å². The minimum absolute atomic E-state index is 0.0104. The SMILES string of the molecule is CCOc1ccc2c(c1)C(CCBr)C(CC)N2C(=O)C(C)C. The standard InChI is InChI=1S/C18H26BrNO2/c1-5-16-14(9-10-19)15-11-13(22-6-2)7-8-17(15)20(16)18(21)12(3)4/h7-8,11-12,14,16H,5-6,9-10H2,1-4H3. The van der Waals surface area contributed by atoms with Crippen LogP contribution in [0.1, 0.15) is 52.0 Å². The van der Waals surface area contributed by atoms with Crippen molar-refractivity contribution in [2.45, 2.75) is 52.5 Å². The van der Waals surface area contributed by atoms with Crippen molar-refractivity contribution in [1.82, 2.24) is 0 Å². The molecule has 1 aliphatic rings.